The molecule has 2 aliphatic heterocycles. The lowest BCUT2D eigenvalue weighted by Gasteiger charge is -2.49. The van der Waals surface area contributed by atoms with Crippen LogP contribution in [0.25, 0.3) is 0 Å². The number of hydrogen-bond donors (Lipinski definition) is 1. The summed E-state index contributed by atoms with van der Waals surface area (Å²) in [6.07, 6.45) is 1.75. The summed E-state index contributed by atoms with van der Waals surface area (Å²) in [6.45, 7) is 0. The molecule has 13 heavy (non-hydrogen) atoms. The molecule has 1 aromatic carbocycles. The second-order valence-electron chi connectivity index (χ2n) is 3.71. The van der Waals surface area contributed by atoms with Crippen molar-refractivity contribution in [1.29, 1.82) is 0 Å². The van der Waals surface area contributed by atoms with Crippen molar-refractivity contribution in [2.24, 2.45) is 0 Å². The molecule has 3 heteroatoms. The van der Waals surface area contributed by atoms with Gasteiger partial charge in [0.2, 0.25) is 0 Å². The molecule has 1 saturated heterocycles. The average molecular weight is 197 g/mol. The molecule has 4 rings (SSSR count). The summed E-state index contributed by atoms with van der Waals surface area (Å²) in [5.41, 5.74) is 1.90. The van der Waals surface area contributed by atoms with Crippen LogP contribution in [0.1, 0.15) is 17.5 Å². The van der Waals surface area contributed by atoms with Gasteiger partial charge in [0, 0.05) is 17.0 Å². The highest BCUT2D eigenvalue weighted by Gasteiger charge is 2.51. The molecular weight excluding hydrogens is 188 g/mol. The largest absolute Gasteiger partial charge is 0.362 e. The van der Waals surface area contributed by atoms with Crippen molar-refractivity contribution in [3.8, 4) is 0 Å². The summed E-state index contributed by atoms with van der Waals surface area (Å²) >= 11 is 6.01. The topological polar surface area (TPSA) is 29.5 Å². The Morgan fingerprint density at radius 1 is 1.54 bits per heavy atom. The maximum Gasteiger partial charge on any atom is 0.196 e. The predicted octanol–water partition coefficient (Wildman–Crippen LogP) is 1.83. The fraction of sp³-hybridized carbons (Fsp3) is 0.400. The first-order chi connectivity index (χ1) is 6.19. The van der Waals surface area contributed by atoms with Crippen LogP contribution in [0.5, 0.6) is 0 Å². The van der Waals surface area contributed by atoms with Crippen molar-refractivity contribution in [3.63, 3.8) is 0 Å². The molecule has 1 aromatic rings. The smallest absolute Gasteiger partial charge is 0.196 e. The zero-order valence-corrected chi connectivity index (χ0v) is 7.71. The first-order valence-electron chi connectivity index (χ1n) is 4.37. The van der Waals surface area contributed by atoms with Crippen LogP contribution in [0, 0.1) is 0 Å². The lowest BCUT2D eigenvalue weighted by molar-refractivity contribution is -0.339. The maximum atomic E-state index is 9.97. The van der Waals surface area contributed by atoms with Gasteiger partial charge in [-0.25, -0.2) is 0 Å². The summed E-state index contributed by atoms with van der Waals surface area (Å²) in [5.74, 6) is -1.09. The molecule has 3 aliphatic rings. The first kappa shape index (κ1) is 7.80. The Labute approximate surface area is 81.1 Å². The second kappa shape index (κ2) is 2.27. The minimum atomic E-state index is -1.09. The van der Waals surface area contributed by atoms with Crippen LogP contribution < -0.4 is 0 Å². The molecule has 0 spiro atoms. The fourth-order valence-corrected chi connectivity index (χ4v) is 2.61. The van der Waals surface area contributed by atoms with Crippen LogP contribution >= 0.6 is 11.6 Å². The predicted molar refractivity (Wildman–Crippen MR) is 48.5 cm³/mol. The van der Waals surface area contributed by atoms with E-state index in [2.05, 4.69) is 0 Å². The number of benzene rings is 1. The van der Waals surface area contributed by atoms with E-state index in [9.17, 15) is 5.11 Å². The molecule has 1 N–H and O–H groups in total. The van der Waals surface area contributed by atoms with E-state index >= 15 is 0 Å². The molecule has 0 amide bonds. The van der Waals surface area contributed by atoms with Gasteiger partial charge < -0.3 is 9.84 Å². The summed E-state index contributed by atoms with van der Waals surface area (Å²) < 4.78 is 5.34. The third kappa shape index (κ3) is 0.909. The highest BCUT2D eigenvalue weighted by molar-refractivity contribution is 6.31. The van der Waals surface area contributed by atoms with E-state index in [1.807, 2.05) is 12.1 Å². The summed E-state index contributed by atoms with van der Waals surface area (Å²) in [7, 11) is 0. The van der Waals surface area contributed by atoms with Crippen molar-refractivity contribution >= 4 is 11.6 Å². The maximum absolute atomic E-state index is 9.97. The van der Waals surface area contributed by atoms with Crippen molar-refractivity contribution in [2.45, 2.75) is 24.7 Å². The van der Waals surface area contributed by atoms with E-state index in [0.717, 1.165) is 17.5 Å². The summed E-state index contributed by atoms with van der Waals surface area (Å²) in [5, 5.41) is 10.6. The molecular formula is C10H9ClO2. The van der Waals surface area contributed by atoms with Gasteiger partial charge in [0.15, 0.2) is 5.79 Å². The highest BCUT2D eigenvalue weighted by atomic mass is 35.5. The van der Waals surface area contributed by atoms with Gasteiger partial charge in [0.1, 0.15) is 0 Å². The van der Waals surface area contributed by atoms with Crippen molar-refractivity contribution in [2.75, 3.05) is 0 Å². The molecule has 0 aromatic heterocycles. The lowest BCUT2D eigenvalue weighted by atomic mass is 9.80. The van der Waals surface area contributed by atoms with Crippen molar-refractivity contribution in [3.05, 3.63) is 34.3 Å². The molecule has 0 radical (unpaired) electrons. The van der Waals surface area contributed by atoms with E-state index < -0.39 is 5.79 Å². The lowest BCUT2D eigenvalue weighted by Crippen LogP contribution is -2.53. The van der Waals surface area contributed by atoms with Crippen LogP contribution in [0.2, 0.25) is 5.02 Å². The number of rotatable bonds is 0. The highest BCUT2D eigenvalue weighted by Crippen LogP contribution is 2.49. The summed E-state index contributed by atoms with van der Waals surface area (Å²) in [6, 6.07) is 5.70. The Morgan fingerprint density at radius 3 is 3.00 bits per heavy atom. The summed E-state index contributed by atoms with van der Waals surface area (Å²) in [4.78, 5) is 0. The Balaban J connectivity index is 2.24. The Morgan fingerprint density at radius 2 is 2.31 bits per heavy atom. The van der Waals surface area contributed by atoms with Gasteiger partial charge in [-0.15, -0.1) is 0 Å². The third-order valence-electron chi connectivity index (χ3n) is 2.80. The monoisotopic (exact) mass is 196 g/mol. The normalized spacial score (nSPS) is 35.1. The molecule has 2 bridgehead atoms. The van der Waals surface area contributed by atoms with Crippen LogP contribution in [-0.2, 0) is 16.9 Å². The SMILES string of the molecule is O[C@]12CC(Cc3cccc(Cl)c31)O2. The quantitative estimate of drug-likeness (QED) is 0.686. The minimum absolute atomic E-state index is 0.191. The van der Waals surface area contributed by atoms with E-state index in [4.69, 9.17) is 16.3 Å². The molecule has 0 saturated carbocycles. The zero-order valence-electron chi connectivity index (χ0n) is 6.96. The van der Waals surface area contributed by atoms with Gasteiger partial charge in [-0.05, 0) is 18.1 Å². The van der Waals surface area contributed by atoms with Crippen LogP contribution in [-0.4, -0.2) is 11.2 Å². The fourth-order valence-electron chi connectivity index (χ4n) is 2.27. The average Bonchev–Trinajstić information content (AvgIpc) is 2.01. The standard InChI is InChI=1S/C10H9ClO2/c11-8-3-1-2-6-4-7-5-10(12,13-7)9(6)8/h1-3,7,12H,4-5H2/t7?,10-/m0/s1. The first-order valence-corrected chi connectivity index (χ1v) is 4.75. The van der Waals surface area contributed by atoms with Gasteiger partial charge in [-0.2, -0.15) is 0 Å². The van der Waals surface area contributed by atoms with Crippen molar-refractivity contribution in [1.82, 2.24) is 0 Å². The minimum Gasteiger partial charge on any atom is -0.362 e. The molecule has 1 unspecified atom stereocenters. The molecule has 2 atom stereocenters. The number of halogens is 1. The van der Waals surface area contributed by atoms with Gasteiger partial charge in [-0.3, -0.25) is 0 Å². The zero-order chi connectivity index (χ0) is 9.05. The molecule has 68 valence electrons. The van der Waals surface area contributed by atoms with Gasteiger partial charge in [0.25, 0.3) is 0 Å². The van der Waals surface area contributed by atoms with Gasteiger partial charge >= 0.3 is 0 Å². The van der Waals surface area contributed by atoms with E-state index in [0.29, 0.717) is 11.4 Å². The van der Waals surface area contributed by atoms with Crippen LogP contribution in [0.4, 0.5) is 0 Å². The van der Waals surface area contributed by atoms with Crippen LogP contribution in [0.15, 0.2) is 18.2 Å². The molecule has 2 heterocycles. The Hall–Kier alpha value is -0.570. The van der Waals surface area contributed by atoms with Gasteiger partial charge in [-0.1, -0.05) is 23.7 Å². The number of ether oxygens (including phenoxy) is 1. The molecule has 1 fully saturated rings. The Bertz CT molecular complexity index is 369. The Kier molecular flexibility index (Phi) is 1.36. The molecule has 1 aliphatic carbocycles. The number of aliphatic hydroxyl groups is 1. The van der Waals surface area contributed by atoms with Crippen LogP contribution in [0.3, 0.4) is 0 Å². The third-order valence-corrected chi connectivity index (χ3v) is 3.12. The molecule has 2 nitrogen and oxygen atoms in total. The van der Waals surface area contributed by atoms with E-state index in [1.165, 1.54) is 0 Å². The van der Waals surface area contributed by atoms with Gasteiger partial charge in [0.05, 0.1) is 6.10 Å². The van der Waals surface area contributed by atoms with E-state index in [1.54, 1.807) is 6.07 Å². The number of hydrogen-bond acceptors (Lipinski definition) is 2. The van der Waals surface area contributed by atoms with E-state index in [-0.39, 0.29) is 6.10 Å². The second-order valence-corrected chi connectivity index (χ2v) is 4.11. The van der Waals surface area contributed by atoms with Crippen molar-refractivity contribution < 1.29 is 9.84 Å².